The molecule has 2 aliphatic heterocycles. The van der Waals surface area contributed by atoms with Crippen LogP contribution in [0.25, 0.3) is 0 Å². The molecule has 2 bridgehead atoms. The Balaban J connectivity index is 1.44. The maximum atomic E-state index is 6.53. The van der Waals surface area contributed by atoms with Crippen molar-refractivity contribution < 1.29 is 9.78 Å². The van der Waals surface area contributed by atoms with Crippen molar-refractivity contribution in [2.24, 2.45) is 40.4 Å². The van der Waals surface area contributed by atoms with Gasteiger partial charge in [0.25, 0.3) is 0 Å². The van der Waals surface area contributed by atoms with Crippen LogP contribution in [-0.2, 0) is 9.78 Å². The summed E-state index contributed by atoms with van der Waals surface area (Å²) < 4.78 is 0. The predicted molar refractivity (Wildman–Crippen MR) is 123 cm³/mol. The zero-order valence-electron chi connectivity index (χ0n) is 20.3. The standard InChI is InChI=1S/C28H44O2/c1-19(2)20(3)9-10-21(4)22-11-12-23-25(22,5)16-13-24-26(6)14-7-8-15-27(26)17-18-28(23,24)30-29-27/h9,17-19,21-24H,7-8,10-16H2,1-6H3/b20-9+/t21-,22-,23-,24-,25-,26-,27+,28-/m1/s1. The third-order valence-electron chi connectivity index (χ3n) is 11.1. The second kappa shape index (κ2) is 6.95. The maximum Gasteiger partial charge on any atom is 0.128 e. The van der Waals surface area contributed by atoms with E-state index in [0.717, 1.165) is 18.3 Å². The molecular weight excluding hydrogens is 368 g/mol. The Bertz CT molecular complexity index is 752. The topological polar surface area (TPSA) is 18.5 Å². The van der Waals surface area contributed by atoms with Crippen LogP contribution in [0.4, 0.5) is 0 Å². The van der Waals surface area contributed by atoms with Crippen molar-refractivity contribution in [3.63, 3.8) is 0 Å². The maximum absolute atomic E-state index is 6.53. The predicted octanol–water partition coefficient (Wildman–Crippen LogP) is 7.65. The fourth-order valence-electron chi connectivity index (χ4n) is 8.88. The van der Waals surface area contributed by atoms with E-state index in [2.05, 4.69) is 59.8 Å². The lowest BCUT2D eigenvalue weighted by molar-refractivity contribution is -0.495. The molecule has 2 spiro atoms. The second-order valence-corrected chi connectivity index (χ2v) is 12.5. The molecule has 6 rings (SSSR count). The molecule has 168 valence electrons. The van der Waals surface area contributed by atoms with E-state index < -0.39 is 0 Å². The monoisotopic (exact) mass is 412 g/mol. The van der Waals surface area contributed by atoms with E-state index in [4.69, 9.17) is 9.78 Å². The Morgan fingerprint density at radius 1 is 0.967 bits per heavy atom. The van der Waals surface area contributed by atoms with Gasteiger partial charge in [0.1, 0.15) is 11.2 Å². The summed E-state index contributed by atoms with van der Waals surface area (Å²) in [4.78, 5) is 12.9. The lowest BCUT2D eigenvalue weighted by Crippen LogP contribution is -2.72. The summed E-state index contributed by atoms with van der Waals surface area (Å²) in [5, 5.41) is 0. The van der Waals surface area contributed by atoms with Crippen molar-refractivity contribution in [3.05, 3.63) is 23.8 Å². The number of rotatable bonds is 4. The molecule has 0 amide bonds. The Hall–Kier alpha value is -0.600. The highest BCUT2D eigenvalue weighted by atomic mass is 17.2. The number of fused-ring (bicyclic) bond motifs is 2. The van der Waals surface area contributed by atoms with Crippen LogP contribution in [0.3, 0.4) is 0 Å². The van der Waals surface area contributed by atoms with Gasteiger partial charge in [0.15, 0.2) is 0 Å². The molecule has 30 heavy (non-hydrogen) atoms. The summed E-state index contributed by atoms with van der Waals surface area (Å²) in [5.41, 5.74) is 1.82. The molecule has 4 fully saturated rings. The van der Waals surface area contributed by atoms with E-state index in [1.165, 1.54) is 51.4 Å². The average molecular weight is 413 g/mol. The van der Waals surface area contributed by atoms with Crippen molar-refractivity contribution in [1.82, 2.24) is 0 Å². The minimum atomic E-state index is -0.182. The average Bonchev–Trinajstić information content (AvgIpc) is 3.09. The van der Waals surface area contributed by atoms with Gasteiger partial charge in [0, 0.05) is 17.3 Å². The van der Waals surface area contributed by atoms with Crippen LogP contribution in [0.5, 0.6) is 0 Å². The summed E-state index contributed by atoms with van der Waals surface area (Å²) in [6.45, 7) is 14.6. The molecule has 0 aromatic carbocycles. The normalized spacial score (nSPS) is 50.9. The Labute approximate surface area is 184 Å². The van der Waals surface area contributed by atoms with Gasteiger partial charge in [0.05, 0.1) is 0 Å². The van der Waals surface area contributed by atoms with Crippen molar-refractivity contribution in [3.8, 4) is 0 Å². The van der Waals surface area contributed by atoms with E-state index in [0.29, 0.717) is 23.2 Å². The first-order valence-electron chi connectivity index (χ1n) is 12.9. The highest BCUT2D eigenvalue weighted by Gasteiger charge is 2.73. The molecule has 0 aromatic rings. The lowest BCUT2D eigenvalue weighted by Gasteiger charge is -2.69. The first-order chi connectivity index (χ1) is 14.2. The molecular formula is C28H44O2. The van der Waals surface area contributed by atoms with Crippen LogP contribution in [0.1, 0.15) is 99.3 Å². The van der Waals surface area contributed by atoms with Crippen LogP contribution in [0.2, 0.25) is 0 Å². The quantitative estimate of drug-likeness (QED) is 0.349. The van der Waals surface area contributed by atoms with E-state index in [9.17, 15) is 0 Å². The third-order valence-corrected chi connectivity index (χ3v) is 11.1. The highest BCUT2D eigenvalue weighted by Crippen LogP contribution is 2.72. The molecule has 2 nitrogen and oxygen atoms in total. The molecule has 6 aliphatic rings. The van der Waals surface area contributed by atoms with Gasteiger partial charge in [-0.1, -0.05) is 71.3 Å². The van der Waals surface area contributed by atoms with E-state index in [1.807, 2.05) is 0 Å². The molecule has 0 radical (unpaired) electrons. The van der Waals surface area contributed by atoms with Gasteiger partial charge < -0.3 is 0 Å². The van der Waals surface area contributed by atoms with Crippen molar-refractivity contribution in [1.29, 1.82) is 0 Å². The summed E-state index contributed by atoms with van der Waals surface area (Å²) in [7, 11) is 0. The molecule has 4 aliphatic carbocycles. The van der Waals surface area contributed by atoms with E-state index in [1.54, 1.807) is 5.57 Å². The molecule has 0 N–H and O–H groups in total. The van der Waals surface area contributed by atoms with Gasteiger partial charge in [-0.3, -0.25) is 0 Å². The fourth-order valence-corrected chi connectivity index (χ4v) is 8.88. The van der Waals surface area contributed by atoms with Crippen molar-refractivity contribution >= 4 is 0 Å². The minimum Gasteiger partial charge on any atom is -0.224 e. The largest absolute Gasteiger partial charge is 0.224 e. The molecule has 2 heterocycles. The first kappa shape index (κ1) is 21.3. The molecule has 8 atom stereocenters. The molecule has 0 aromatic heterocycles. The van der Waals surface area contributed by atoms with Crippen LogP contribution >= 0.6 is 0 Å². The Morgan fingerprint density at radius 3 is 2.43 bits per heavy atom. The second-order valence-electron chi connectivity index (χ2n) is 12.5. The summed E-state index contributed by atoms with van der Waals surface area (Å²) >= 11 is 0. The fraction of sp³-hybridized carbons (Fsp3) is 0.857. The van der Waals surface area contributed by atoms with Gasteiger partial charge in [0.2, 0.25) is 0 Å². The third kappa shape index (κ3) is 2.62. The van der Waals surface area contributed by atoms with Crippen LogP contribution in [-0.4, -0.2) is 11.2 Å². The van der Waals surface area contributed by atoms with Gasteiger partial charge in [-0.15, -0.1) is 0 Å². The van der Waals surface area contributed by atoms with E-state index in [-0.39, 0.29) is 16.6 Å². The van der Waals surface area contributed by atoms with Crippen LogP contribution < -0.4 is 0 Å². The van der Waals surface area contributed by atoms with Crippen LogP contribution in [0.15, 0.2) is 23.8 Å². The number of allylic oxidation sites excluding steroid dienone is 2. The van der Waals surface area contributed by atoms with Crippen molar-refractivity contribution in [2.75, 3.05) is 0 Å². The van der Waals surface area contributed by atoms with Gasteiger partial charge in [-0.25, -0.2) is 9.78 Å². The molecule has 2 heteroatoms. The summed E-state index contributed by atoms with van der Waals surface area (Å²) in [5.74, 6) is 3.41. The Kier molecular flexibility index (Phi) is 4.92. The molecule has 0 unspecified atom stereocenters. The number of hydrogen-bond acceptors (Lipinski definition) is 2. The zero-order chi connectivity index (χ0) is 21.4. The van der Waals surface area contributed by atoms with Crippen molar-refractivity contribution in [2.45, 2.75) is 111 Å². The summed E-state index contributed by atoms with van der Waals surface area (Å²) in [6, 6.07) is 0. The molecule has 1 saturated heterocycles. The Morgan fingerprint density at radius 2 is 1.73 bits per heavy atom. The zero-order valence-corrected chi connectivity index (χ0v) is 20.3. The smallest absolute Gasteiger partial charge is 0.128 e. The van der Waals surface area contributed by atoms with Crippen LogP contribution in [0, 0.1) is 40.4 Å². The minimum absolute atomic E-state index is 0.157. The van der Waals surface area contributed by atoms with E-state index >= 15 is 0 Å². The molecule has 3 saturated carbocycles. The van der Waals surface area contributed by atoms with Gasteiger partial charge >= 0.3 is 0 Å². The summed E-state index contributed by atoms with van der Waals surface area (Å²) in [6.07, 6.45) is 19.1. The number of hydrogen-bond donors (Lipinski definition) is 0. The highest BCUT2D eigenvalue weighted by molar-refractivity contribution is 5.32. The first-order valence-corrected chi connectivity index (χ1v) is 12.9. The lowest BCUT2D eigenvalue weighted by atomic mass is 9.43. The van der Waals surface area contributed by atoms with Gasteiger partial charge in [-0.05, 0) is 75.0 Å². The SMILES string of the molecule is C/C(=C\C[C@@H](C)[C@H]1CC[C@@H]2[C@]1(C)CC[C@H]1[C@@]23C=C[C@]2(CCCC[C@]12C)OO3)C(C)C. The van der Waals surface area contributed by atoms with Gasteiger partial charge in [-0.2, -0.15) is 0 Å².